The van der Waals surface area contributed by atoms with Gasteiger partial charge < -0.3 is 5.32 Å². The van der Waals surface area contributed by atoms with Crippen LogP contribution in [0.4, 0.5) is 13.2 Å². The van der Waals surface area contributed by atoms with Crippen LogP contribution in [0.5, 0.6) is 0 Å². The van der Waals surface area contributed by atoms with E-state index in [0.29, 0.717) is 13.1 Å². The molecule has 0 aromatic rings. The van der Waals surface area contributed by atoms with Crippen molar-refractivity contribution < 1.29 is 18.0 Å². The van der Waals surface area contributed by atoms with Gasteiger partial charge in [-0.25, -0.2) is 4.42 Å². The van der Waals surface area contributed by atoms with Crippen molar-refractivity contribution in [3.8, 4) is 0 Å². The second kappa shape index (κ2) is 3.58. The minimum absolute atomic E-state index is 0.00539. The Balaban J connectivity index is 2.31. The lowest BCUT2D eigenvalue weighted by Crippen LogP contribution is -2.56. The Morgan fingerprint density at radius 1 is 1.57 bits per heavy atom. The molecule has 3 nitrogen and oxygen atoms in total. The molecule has 0 bridgehead atoms. The van der Waals surface area contributed by atoms with Gasteiger partial charge in [-0.1, -0.05) is 6.92 Å². The normalized spacial score (nSPS) is 21.5. The minimum atomic E-state index is -4.80. The van der Waals surface area contributed by atoms with Crippen LogP contribution in [0.2, 0.25) is 0 Å². The summed E-state index contributed by atoms with van der Waals surface area (Å²) >= 11 is 5.54. The van der Waals surface area contributed by atoms with Crippen LogP contribution < -0.4 is 5.32 Å². The molecule has 1 aliphatic rings. The maximum atomic E-state index is 11.8. The topological polar surface area (TPSA) is 32.3 Å². The summed E-state index contributed by atoms with van der Waals surface area (Å²) < 4.78 is 36.8. The lowest BCUT2D eigenvalue weighted by atomic mass is 9.84. The molecular weight excluding hydrogens is 221 g/mol. The number of nitrogens with one attached hydrogen (secondary N) is 1. The number of nitrogens with zero attached hydrogens (tertiary/aromatic N) is 1. The first-order valence-corrected chi connectivity index (χ1v) is 4.32. The van der Waals surface area contributed by atoms with Gasteiger partial charge in [0.2, 0.25) is 0 Å². The number of alkyl halides is 3. The SMILES string of the molecule is CC1(CNC(=O)C(F)(F)F)CN(Cl)C1. The van der Waals surface area contributed by atoms with E-state index in [1.807, 2.05) is 5.32 Å². The quantitative estimate of drug-likeness (QED) is 0.722. The lowest BCUT2D eigenvalue weighted by Gasteiger charge is -2.44. The summed E-state index contributed by atoms with van der Waals surface area (Å²) in [4.78, 5) is 10.5. The molecule has 1 fully saturated rings. The largest absolute Gasteiger partial charge is 0.471 e. The maximum Gasteiger partial charge on any atom is 0.471 e. The third-order valence-corrected chi connectivity index (χ3v) is 2.28. The summed E-state index contributed by atoms with van der Waals surface area (Å²) in [6.07, 6.45) is -4.80. The first-order chi connectivity index (χ1) is 6.23. The molecule has 0 atom stereocenters. The van der Waals surface area contributed by atoms with Crippen LogP contribution in [-0.2, 0) is 4.79 Å². The van der Waals surface area contributed by atoms with E-state index in [0.717, 1.165) is 0 Å². The second-order valence-electron chi connectivity index (χ2n) is 3.77. The Hall–Kier alpha value is -0.490. The molecule has 14 heavy (non-hydrogen) atoms. The molecule has 0 aromatic heterocycles. The first kappa shape index (κ1) is 11.6. The van der Waals surface area contributed by atoms with Crippen molar-refractivity contribution in [3.63, 3.8) is 0 Å². The predicted molar refractivity (Wildman–Crippen MR) is 44.6 cm³/mol. The van der Waals surface area contributed by atoms with E-state index in [2.05, 4.69) is 0 Å². The summed E-state index contributed by atoms with van der Waals surface area (Å²) in [6.45, 7) is 2.72. The van der Waals surface area contributed by atoms with Crippen molar-refractivity contribution in [1.29, 1.82) is 0 Å². The van der Waals surface area contributed by atoms with E-state index in [9.17, 15) is 18.0 Å². The molecule has 7 heteroatoms. The van der Waals surface area contributed by atoms with E-state index < -0.39 is 12.1 Å². The smallest absolute Gasteiger partial charge is 0.348 e. The number of amides is 1. The molecule has 0 aromatic carbocycles. The van der Waals surface area contributed by atoms with Crippen molar-refractivity contribution in [2.45, 2.75) is 13.1 Å². The monoisotopic (exact) mass is 230 g/mol. The van der Waals surface area contributed by atoms with E-state index in [-0.39, 0.29) is 12.0 Å². The van der Waals surface area contributed by atoms with Gasteiger partial charge in [-0.05, 0) is 11.8 Å². The van der Waals surface area contributed by atoms with Gasteiger partial charge in [0, 0.05) is 25.0 Å². The molecule has 0 radical (unpaired) electrons. The molecule has 0 saturated carbocycles. The maximum absolute atomic E-state index is 11.8. The molecule has 0 unspecified atom stereocenters. The molecule has 82 valence electrons. The van der Waals surface area contributed by atoms with Crippen LogP contribution in [-0.4, -0.2) is 36.1 Å². The van der Waals surface area contributed by atoms with Gasteiger partial charge >= 0.3 is 12.1 Å². The van der Waals surface area contributed by atoms with Crippen molar-refractivity contribution >= 4 is 17.7 Å². The molecule has 1 heterocycles. The van der Waals surface area contributed by atoms with Crippen LogP contribution in [0.25, 0.3) is 0 Å². The molecule has 0 aliphatic carbocycles. The van der Waals surface area contributed by atoms with Gasteiger partial charge in [0.05, 0.1) is 0 Å². The number of halogens is 4. The summed E-state index contributed by atoms with van der Waals surface area (Å²) in [6, 6.07) is 0. The van der Waals surface area contributed by atoms with Crippen LogP contribution in [0.3, 0.4) is 0 Å². The zero-order valence-corrected chi connectivity index (χ0v) is 8.24. The Morgan fingerprint density at radius 2 is 2.07 bits per heavy atom. The molecule has 1 rings (SSSR count). The van der Waals surface area contributed by atoms with Crippen LogP contribution in [0, 0.1) is 5.41 Å². The number of hydrogen-bond donors (Lipinski definition) is 1. The van der Waals surface area contributed by atoms with E-state index in [4.69, 9.17) is 11.8 Å². The van der Waals surface area contributed by atoms with Gasteiger partial charge in [-0.15, -0.1) is 0 Å². The van der Waals surface area contributed by atoms with Gasteiger partial charge in [0.15, 0.2) is 0 Å². The van der Waals surface area contributed by atoms with Gasteiger partial charge in [-0.3, -0.25) is 4.79 Å². The standard InChI is InChI=1S/C7H10ClF3N2O/c1-6(3-13(8)4-6)2-12-5(14)7(9,10)11/h2-4H2,1H3,(H,12,14). The zero-order chi connectivity index (χ0) is 11.0. The van der Waals surface area contributed by atoms with Crippen LogP contribution in [0.1, 0.15) is 6.92 Å². The van der Waals surface area contributed by atoms with E-state index in [1.54, 1.807) is 6.92 Å². The molecular formula is C7H10ClF3N2O. The third kappa shape index (κ3) is 2.75. The highest BCUT2D eigenvalue weighted by atomic mass is 35.5. The fraction of sp³-hybridized carbons (Fsp3) is 0.857. The molecule has 1 aliphatic heterocycles. The number of rotatable bonds is 2. The summed E-state index contributed by atoms with van der Waals surface area (Å²) in [7, 11) is 0. The average Bonchev–Trinajstić information content (AvgIpc) is 1.95. The first-order valence-electron chi connectivity index (χ1n) is 3.99. The Morgan fingerprint density at radius 3 is 2.43 bits per heavy atom. The summed E-state index contributed by atoms with van der Waals surface area (Å²) in [5.74, 6) is -1.90. The van der Waals surface area contributed by atoms with Crippen molar-refractivity contribution in [2.24, 2.45) is 5.41 Å². The average molecular weight is 231 g/mol. The highest BCUT2D eigenvalue weighted by Gasteiger charge is 2.42. The van der Waals surface area contributed by atoms with Crippen molar-refractivity contribution in [2.75, 3.05) is 19.6 Å². The lowest BCUT2D eigenvalue weighted by molar-refractivity contribution is -0.174. The highest BCUT2D eigenvalue weighted by Crippen LogP contribution is 2.30. The Kier molecular flexibility index (Phi) is 2.96. The molecule has 1 N–H and O–H groups in total. The Bertz CT molecular complexity index is 238. The van der Waals surface area contributed by atoms with Gasteiger partial charge in [-0.2, -0.15) is 13.2 Å². The minimum Gasteiger partial charge on any atom is -0.348 e. The van der Waals surface area contributed by atoms with E-state index in [1.165, 1.54) is 4.42 Å². The van der Waals surface area contributed by atoms with Crippen LogP contribution in [0.15, 0.2) is 0 Å². The Labute approximate surface area is 84.3 Å². The van der Waals surface area contributed by atoms with Gasteiger partial charge in [0.1, 0.15) is 0 Å². The highest BCUT2D eigenvalue weighted by molar-refractivity contribution is 6.13. The third-order valence-electron chi connectivity index (χ3n) is 2.04. The number of carbonyl (C=O) groups is 1. The summed E-state index contributed by atoms with van der Waals surface area (Å²) in [5, 5.41) is 1.84. The van der Waals surface area contributed by atoms with Crippen LogP contribution >= 0.6 is 11.8 Å². The number of carbonyl (C=O) groups excluding carboxylic acids is 1. The van der Waals surface area contributed by atoms with Crippen molar-refractivity contribution in [1.82, 2.24) is 9.74 Å². The zero-order valence-electron chi connectivity index (χ0n) is 7.49. The summed E-state index contributed by atoms with van der Waals surface area (Å²) in [5.41, 5.74) is -0.345. The fourth-order valence-corrected chi connectivity index (χ4v) is 1.86. The van der Waals surface area contributed by atoms with Crippen molar-refractivity contribution in [3.05, 3.63) is 0 Å². The molecule has 1 saturated heterocycles. The number of hydrogen-bond acceptors (Lipinski definition) is 2. The molecule has 1 amide bonds. The van der Waals surface area contributed by atoms with E-state index >= 15 is 0 Å². The predicted octanol–water partition coefficient (Wildman–Crippen LogP) is 1.14. The fourth-order valence-electron chi connectivity index (χ4n) is 1.29. The second-order valence-corrected chi connectivity index (χ2v) is 4.25. The van der Waals surface area contributed by atoms with Gasteiger partial charge in [0.25, 0.3) is 0 Å². The molecule has 0 spiro atoms.